The number of aromatic nitrogens is 3. The Labute approximate surface area is 83.1 Å². The first-order valence-corrected chi connectivity index (χ1v) is 4.52. The van der Waals surface area contributed by atoms with Crippen molar-refractivity contribution in [3.8, 4) is 11.3 Å². The highest BCUT2D eigenvalue weighted by Crippen LogP contribution is 2.16. The standard InChI is InChI=1S/C11H12N3/c1-9-10(5-3-7-12-9)11-6-4-8-13-14(11)2/h3-8H,1-2H3/q+1. The van der Waals surface area contributed by atoms with Crippen LogP contribution in [-0.2, 0) is 7.05 Å². The molecule has 14 heavy (non-hydrogen) atoms. The summed E-state index contributed by atoms with van der Waals surface area (Å²) < 4.78 is 1.85. The Bertz CT molecular complexity index is 408. The molecule has 0 saturated heterocycles. The summed E-state index contributed by atoms with van der Waals surface area (Å²) in [4.78, 5) is 4.26. The molecule has 2 heterocycles. The third kappa shape index (κ3) is 1.48. The van der Waals surface area contributed by atoms with Crippen molar-refractivity contribution < 1.29 is 4.68 Å². The number of pyridine rings is 1. The first-order valence-electron chi connectivity index (χ1n) is 4.52. The number of hydrogen-bond acceptors (Lipinski definition) is 2. The Morgan fingerprint density at radius 1 is 1.14 bits per heavy atom. The Balaban J connectivity index is 2.61. The van der Waals surface area contributed by atoms with Crippen LogP contribution < -0.4 is 4.68 Å². The number of nitrogens with zero attached hydrogens (tertiary/aromatic N) is 3. The molecular formula is C11H12N3+. The van der Waals surface area contributed by atoms with Gasteiger partial charge in [0.25, 0.3) is 0 Å². The zero-order valence-corrected chi connectivity index (χ0v) is 8.31. The molecule has 0 fully saturated rings. The summed E-state index contributed by atoms with van der Waals surface area (Å²) in [6, 6.07) is 7.97. The van der Waals surface area contributed by atoms with E-state index in [1.54, 1.807) is 12.4 Å². The van der Waals surface area contributed by atoms with Gasteiger partial charge in [0.15, 0.2) is 7.05 Å². The fraction of sp³-hybridized carbons (Fsp3) is 0.182. The average Bonchev–Trinajstić information content (AvgIpc) is 2.20. The van der Waals surface area contributed by atoms with Gasteiger partial charge in [-0.3, -0.25) is 4.98 Å². The highest BCUT2D eigenvalue weighted by atomic mass is 15.2. The number of aryl methyl sites for hydroxylation is 2. The second-order valence-electron chi connectivity index (χ2n) is 3.17. The summed E-state index contributed by atoms with van der Waals surface area (Å²) in [7, 11) is 1.93. The smallest absolute Gasteiger partial charge is 0.240 e. The third-order valence-electron chi connectivity index (χ3n) is 2.21. The lowest BCUT2D eigenvalue weighted by molar-refractivity contribution is -0.720. The van der Waals surface area contributed by atoms with Crippen LogP contribution in [0.3, 0.4) is 0 Å². The zero-order valence-electron chi connectivity index (χ0n) is 8.31. The fourth-order valence-electron chi connectivity index (χ4n) is 1.46. The van der Waals surface area contributed by atoms with Crippen LogP contribution in [0.5, 0.6) is 0 Å². The summed E-state index contributed by atoms with van der Waals surface area (Å²) >= 11 is 0. The van der Waals surface area contributed by atoms with Crippen LogP contribution in [0, 0.1) is 6.92 Å². The first-order chi connectivity index (χ1) is 6.79. The van der Waals surface area contributed by atoms with Gasteiger partial charge in [-0.25, -0.2) is 0 Å². The number of hydrogen-bond donors (Lipinski definition) is 0. The van der Waals surface area contributed by atoms with Crippen LogP contribution >= 0.6 is 0 Å². The third-order valence-corrected chi connectivity index (χ3v) is 2.21. The van der Waals surface area contributed by atoms with Gasteiger partial charge in [0.2, 0.25) is 5.69 Å². The van der Waals surface area contributed by atoms with Gasteiger partial charge >= 0.3 is 0 Å². The van der Waals surface area contributed by atoms with E-state index >= 15 is 0 Å². The molecule has 70 valence electrons. The van der Waals surface area contributed by atoms with Gasteiger partial charge in [-0.1, -0.05) is 4.68 Å². The lowest BCUT2D eigenvalue weighted by Crippen LogP contribution is -2.35. The first kappa shape index (κ1) is 8.81. The van der Waals surface area contributed by atoms with E-state index in [2.05, 4.69) is 16.1 Å². The second kappa shape index (κ2) is 3.54. The Kier molecular flexibility index (Phi) is 2.23. The summed E-state index contributed by atoms with van der Waals surface area (Å²) in [5, 5.41) is 4.19. The molecule has 0 aliphatic heterocycles. The molecule has 0 aliphatic carbocycles. The highest BCUT2D eigenvalue weighted by Gasteiger charge is 2.11. The van der Waals surface area contributed by atoms with E-state index in [4.69, 9.17) is 0 Å². The molecule has 0 unspecified atom stereocenters. The fourth-order valence-corrected chi connectivity index (χ4v) is 1.46. The summed E-state index contributed by atoms with van der Waals surface area (Å²) in [6.07, 6.45) is 3.57. The minimum absolute atomic E-state index is 1.02. The van der Waals surface area contributed by atoms with E-state index in [-0.39, 0.29) is 0 Å². The minimum Gasteiger partial charge on any atom is -0.261 e. The predicted octanol–water partition coefficient (Wildman–Crippen LogP) is 1.28. The molecule has 0 aromatic carbocycles. The molecule has 0 saturated carbocycles. The van der Waals surface area contributed by atoms with Crippen molar-refractivity contribution in [3.63, 3.8) is 0 Å². The average molecular weight is 186 g/mol. The van der Waals surface area contributed by atoms with E-state index < -0.39 is 0 Å². The topological polar surface area (TPSA) is 29.7 Å². The maximum atomic E-state index is 4.26. The molecule has 0 bridgehead atoms. The van der Waals surface area contributed by atoms with Gasteiger partial charge < -0.3 is 0 Å². The monoisotopic (exact) mass is 186 g/mol. The van der Waals surface area contributed by atoms with Crippen molar-refractivity contribution in [3.05, 3.63) is 42.4 Å². The zero-order chi connectivity index (χ0) is 9.97. The second-order valence-corrected chi connectivity index (χ2v) is 3.17. The van der Waals surface area contributed by atoms with Gasteiger partial charge in [-0.15, -0.1) is 0 Å². The van der Waals surface area contributed by atoms with Crippen molar-refractivity contribution in [2.75, 3.05) is 0 Å². The molecule has 0 spiro atoms. The summed E-state index contributed by atoms with van der Waals surface area (Å²) in [5.74, 6) is 0. The van der Waals surface area contributed by atoms with Crippen LogP contribution in [0.15, 0.2) is 36.7 Å². The Morgan fingerprint density at radius 2 is 1.93 bits per heavy atom. The van der Waals surface area contributed by atoms with Crippen LogP contribution in [-0.4, -0.2) is 10.1 Å². The van der Waals surface area contributed by atoms with Gasteiger partial charge in [0.1, 0.15) is 0 Å². The van der Waals surface area contributed by atoms with Crippen LogP contribution in [0.25, 0.3) is 11.3 Å². The molecule has 0 atom stereocenters. The van der Waals surface area contributed by atoms with Crippen LogP contribution in [0.2, 0.25) is 0 Å². The Hall–Kier alpha value is -1.77. The molecule has 2 aromatic rings. The molecular weight excluding hydrogens is 174 g/mol. The molecule has 0 aliphatic rings. The van der Waals surface area contributed by atoms with E-state index in [1.807, 2.05) is 36.9 Å². The Morgan fingerprint density at radius 3 is 2.64 bits per heavy atom. The maximum Gasteiger partial charge on any atom is 0.240 e. The van der Waals surface area contributed by atoms with E-state index in [9.17, 15) is 0 Å². The highest BCUT2D eigenvalue weighted by molar-refractivity contribution is 5.57. The van der Waals surface area contributed by atoms with Crippen LogP contribution in [0.4, 0.5) is 0 Å². The number of rotatable bonds is 1. The van der Waals surface area contributed by atoms with Crippen molar-refractivity contribution in [1.82, 2.24) is 10.1 Å². The van der Waals surface area contributed by atoms with Gasteiger partial charge in [-0.2, -0.15) is 0 Å². The maximum absolute atomic E-state index is 4.26. The van der Waals surface area contributed by atoms with Crippen LogP contribution in [0.1, 0.15) is 5.69 Å². The normalized spacial score (nSPS) is 10.1. The quantitative estimate of drug-likeness (QED) is 0.628. The predicted molar refractivity (Wildman–Crippen MR) is 53.4 cm³/mol. The largest absolute Gasteiger partial charge is 0.261 e. The lowest BCUT2D eigenvalue weighted by Gasteiger charge is -2.00. The van der Waals surface area contributed by atoms with Crippen molar-refractivity contribution in [1.29, 1.82) is 0 Å². The molecule has 0 radical (unpaired) electrons. The van der Waals surface area contributed by atoms with Crippen molar-refractivity contribution >= 4 is 0 Å². The lowest BCUT2D eigenvalue weighted by atomic mass is 10.1. The summed E-state index contributed by atoms with van der Waals surface area (Å²) in [5.41, 5.74) is 3.23. The molecule has 3 heteroatoms. The molecule has 2 aromatic heterocycles. The van der Waals surface area contributed by atoms with E-state index in [1.165, 1.54) is 0 Å². The SMILES string of the molecule is Cc1ncccc1-c1cccn[n+]1C. The molecule has 3 nitrogen and oxygen atoms in total. The van der Waals surface area contributed by atoms with Crippen molar-refractivity contribution in [2.45, 2.75) is 6.92 Å². The van der Waals surface area contributed by atoms with Gasteiger partial charge in [-0.05, 0) is 30.2 Å². The molecule has 0 amide bonds. The van der Waals surface area contributed by atoms with Gasteiger partial charge in [0.05, 0.1) is 17.5 Å². The minimum atomic E-state index is 1.02. The molecule has 0 N–H and O–H groups in total. The van der Waals surface area contributed by atoms with E-state index in [0.29, 0.717) is 0 Å². The van der Waals surface area contributed by atoms with Gasteiger partial charge in [0, 0.05) is 12.3 Å². The van der Waals surface area contributed by atoms with Crippen molar-refractivity contribution in [2.24, 2.45) is 7.05 Å². The summed E-state index contributed by atoms with van der Waals surface area (Å²) in [6.45, 7) is 2.00. The van der Waals surface area contributed by atoms with E-state index in [0.717, 1.165) is 17.0 Å². The molecule has 2 rings (SSSR count).